The van der Waals surface area contributed by atoms with Crippen molar-refractivity contribution in [1.82, 2.24) is 10.2 Å². The Kier molecular flexibility index (Phi) is 7.65. The summed E-state index contributed by atoms with van der Waals surface area (Å²) >= 11 is 0. The summed E-state index contributed by atoms with van der Waals surface area (Å²) in [6.07, 6.45) is 0.885. The lowest BCUT2D eigenvalue weighted by atomic mass is 10.1. The first-order chi connectivity index (χ1) is 8.80. The zero-order valence-electron chi connectivity index (χ0n) is 11.6. The van der Waals surface area contributed by atoms with E-state index in [2.05, 4.69) is 36.2 Å². The Balaban J connectivity index is 2.29. The Morgan fingerprint density at radius 1 is 1.17 bits per heavy atom. The molecule has 0 aliphatic heterocycles. The average molecular weight is 250 g/mol. The van der Waals surface area contributed by atoms with Gasteiger partial charge in [-0.25, -0.2) is 0 Å². The van der Waals surface area contributed by atoms with E-state index in [0.29, 0.717) is 0 Å². The summed E-state index contributed by atoms with van der Waals surface area (Å²) in [5, 5.41) is 12.8. The number of nitrogens with one attached hydrogen (secondary N) is 1. The van der Waals surface area contributed by atoms with E-state index in [9.17, 15) is 5.11 Å². The Morgan fingerprint density at radius 3 is 2.39 bits per heavy atom. The highest BCUT2D eigenvalue weighted by Crippen LogP contribution is 2.02. The molecule has 1 unspecified atom stereocenters. The van der Waals surface area contributed by atoms with Gasteiger partial charge in [0.2, 0.25) is 0 Å². The number of hydrogen-bond acceptors (Lipinski definition) is 3. The SMILES string of the molecule is CCN(CC)CCNC(CO)Cc1ccccc1. The molecule has 0 fully saturated rings. The van der Waals surface area contributed by atoms with Crippen LogP contribution in [0, 0.1) is 0 Å². The van der Waals surface area contributed by atoms with Gasteiger partial charge >= 0.3 is 0 Å². The Hall–Kier alpha value is -0.900. The van der Waals surface area contributed by atoms with Crippen LogP contribution in [-0.4, -0.2) is 48.8 Å². The van der Waals surface area contributed by atoms with Crippen molar-refractivity contribution in [3.8, 4) is 0 Å². The van der Waals surface area contributed by atoms with E-state index in [4.69, 9.17) is 0 Å². The molecule has 1 rings (SSSR count). The van der Waals surface area contributed by atoms with Crippen molar-refractivity contribution in [2.75, 3.05) is 32.8 Å². The highest BCUT2D eigenvalue weighted by molar-refractivity contribution is 5.15. The summed E-state index contributed by atoms with van der Waals surface area (Å²) in [5.74, 6) is 0. The molecule has 0 heterocycles. The van der Waals surface area contributed by atoms with E-state index in [1.165, 1.54) is 5.56 Å². The molecule has 0 aromatic heterocycles. The van der Waals surface area contributed by atoms with Gasteiger partial charge in [-0.1, -0.05) is 44.2 Å². The van der Waals surface area contributed by atoms with Crippen molar-refractivity contribution in [3.05, 3.63) is 35.9 Å². The van der Waals surface area contributed by atoms with Crippen LogP contribution in [0.2, 0.25) is 0 Å². The van der Waals surface area contributed by atoms with Gasteiger partial charge in [-0.2, -0.15) is 0 Å². The zero-order chi connectivity index (χ0) is 13.2. The quantitative estimate of drug-likeness (QED) is 0.697. The molecular formula is C15H26N2O. The Labute approximate surface area is 111 Å². The lowest BCUT2D eigenvalue weighted by molar-refractivity contribution is 0.231. The Bertz CT molecular complexity index is 299. The fourth-order valence-corrected chi connectivity index (χ4v) is 2.07. The molecule has 0 amide bonds. The number of aliphatic hydroxyl groups excluding tert-OH is 1. The van der Waals surface area contributed by atoms with Gasteiger partial charge < -0.3 is 15.3 Å². The van der Waals surface area contributed by atoms with Gasteiger partial charge in [0, 0.05) is 19.1 Å². The van der Waals surface area contributed by atoms with Crippen molar-refractivity contribution in [2.24, 2.45) is 0 Å². The molecule has 18 heavy (non-hydrogen) atoms. The van der Waals surface area contributed by atoms with E-state index in [1.54, 1.807) is 0 Å². The highest BCUT2D eigenvalue weighted by atomic mass is 16.3. The minimum absolute atomic E-state index is 0.156. The second kappa shape index (κ2) is 9.09. The molecule has 0 radical (unpaired) electrons. The normalized spacial score (nSPS) is 12.9. The largest absolute Gasteiger partial charge is 0.395 e. The fourth-order valence-electron chi connectivity index (χ4n) is 2.07. The summed E-state index contributed by atoms with van der Waals surface area (Å²) < 4.78 is 0. The fraction of sp³-hybridized carbons (Fsp3) is 0.600. The van der Waals surface area contributed by atoms with Crippen LogP contribution < -0.4 is 5.32 Å². The molecule has 0 bridgehead atoms. The highest BCUT2D eigenvalue weighted by Gasteiger charge is 2.08. The summed E-state index contributed by atoms with van der Waals surface area (Å²) in [6.45, 7) is 8.68. The van der Waals surface area contributed by atoms with Gasteiger partial charge in [-0.05, 0) is 25.1 Å². The van der Waals surface area contributed by atoms with Crippen LogP contribution >= 0.6 is 0 Å². The molecule has 3 heteroatoms. The first kappa shape index (κ1) is 15.2. The van der Waals surface area contributed by atoms with Crippen molar-refractivity contribution >= 4 is 0 Å². The number of aliphatic hydroxyl groups is 1. The maximum absolute atomic E-state index is 9.39. The maximum atomic E-state index is 9.39. The van der Waals surface area contributed by atoms with Crippen molar-refractivity contribution < 1.29 is 5.11 Å². The van der Waals surface area contributed by atoms with Crippen LogP contribution in [-0.2, 0) is 6.42 Å². The number of nitrogens with zero attached hydrogens (tertiary/aromatic N) is 1. The number of hydrogen-bond donors (Lipinski definition) is 2. The van der Waals surface area contributed by atoms with E-state index in [0.717, 1.165) is 32.6 Å². The van der Waals surface area contributed by atoms with Crippen LogP contribution in [0.5, 0.6) is 0 Å². The van der Waals surface area contributed by atoms with Crippen LogP contribution in [0.1, 0.15) is 19.4 Å². The summed E-state index contributed by atoms with van der Waals surface area (Å²) in [4.78, 5) is 2.38. The van der Waals surface area contributed by atoms with Gasteiger partial charge in [-0.3, -0.25) is 0 Å². The maximum Gasteiger partial charge on any atom is 0.0587 e. The molecule has 0 saturated heterocycles. The lowest BCUT2D eigenvalue weighted by Crippen LogP contribution is -2.40. The van der Waals surface area contributed by atoms with Gasteiger partial charge in [0.1, 0.15) is 0 Å². The molecular weight excluding hydrogens is 224 g/mol. The number of likely N-dealkylation sites (N-methyl/N-ethyl adjacent to an activating group) is 1. The van der Waals surface area contributed by atoms with Gasteiger partial charge in [0.15, 0.2) is 0 Å². The topological polar surface area (TPSA) is 35.5 Å². The molecule has 1 aromatic rings. The molecule has 0 spiro atoms. The van der Waals surface area contributed by atoms with E-state index in [-0.39, 0.29) is 12.6 Å². The molecule has 102 valence electrons. The van der Waals surface area contributed by atoms with E-state index < -0.39 is 0 Å². The predicted octanol–water partition coefficient (Wildman–Crippen LogP) is 1.52. The average Bonchev–Trinajstić information content (AvgIpc) is 2.43. The third-order valence-corrected chi connectivity index (χ3v) is 3.30. The van der Waals surface area contributed by atoms with E-state index in [1.807, 2.05) is 18.2 Å². The van der Waals surface area contributed by atoms with Crippen molar-refractivity contribution in [3.63, 3.8) is 0 Å². The first-order valence-corrected chi connectivity index (χ1v) is 6.90. The van der Waals surface area contributed by atoms with Gasteiger partial charge in [-0.15, -0.1) is 0 Å². The van der Waals surface area contributed by atoms with Gasteiger partial charge in [0.25, 0.3) is 0 Å². The summed E-state index contributed by atoms with van der Waals surface area (Å²) in [5.41, 5.74) is 1.27. The van der Waals surface area contributed by atoms with Crippen LogP contribution in [0.4, 0.5) is 0 Å². The minimum atomic E-state index is 0.156. The third-order valence-electron chi connectivity index (χ3n) is 3.30. The molecule has 0 aliphatic rings. The molecule has 0 aliphatic carbocycles. The van der Waals surface area contributed by atoms with Crippen LogP contribution in [0.15, 0.2) is 30.3 Å². The molecule has 1 atom stereocenters. The number of rotatable bonds is 9. The van der Waals surface area contributed by atoms with Crippen LogP contribution in [0.3, 0.4) is 0 Å². The zero-order valence-corrected chi connectivity index (χ0v) is 11.6. The molecule has 2 N–H and O–H groups in total. The summed E-state index contributed by atoms with van der Waals surface area (Å²) in [7, 11) is 0. The second-order valence-corrected chi connectivity index (χ2v) is 4.55. The van der Waals surface area contributed by atoms with Gasteiger partial charge in [0.05, 0.1) is 6.61 Å². The molecule has 0 saturated carbocycles. The summed E-state index contributed by atoms with van der Waals surface area (Å²) in [6, 6.07) is 10.5. The third kappa shape index (κ3) is 5.63. The Morgan fingerprint density at radius 2 is 1.83 bits per heavy atom. The van der Waals surface area contributed by atoms with E-state index >= 15 is 0 Å². The number of benzene rings is 1. The minimum Gasteiger partial charge on any atom is -0.395 e. The monoisotopic (exact) mass is 250 g/mol. The molecule has 3 nitrogen and oxygen atoms in total. The van der Waals surface area contributed by atoms with Crippen molar-refractivity contribution in [1.29, 1.82) is 0 Å². The second-order valence-electron chi connectivity index (χ2n) is 4.55. The van der Waals surface area contributed by atoms with Crippen molar-refractivity contribution in [2.45, 2.75) is 26.3 Å². The lowest BCUT2D eigenvalue weighted by Gasteiger charge is -2.21. The standard InChI is InChI=1S/C15H26N2O/c1-3-17(4-2)11-10-16-15(13-18)12-14-8-6-5-7-9-14/h5-9,15-16,18H,3-4,10-13H2,1-2H3. The molecule has 1 aromatic carbocycles. The predicted molar refractivity (Wildman–Crippen MR) is 76.8 cm³/mol. The van der Waals surface area contributed by atoms with Crippen LogP contribution in [0.25, 0.3) is 0 Å². The first-order valence-electron chi connectivity index (χ1n) is 6.90. The smallest absolute Gasteiger partial charge is 0.0587 e.